The predicted octanol–water partition coefficient (Wildman–Crippen LogP) is 0.909. The molecule has 118 valence electrons. The van der Waals surface area contributed by atoms with E-state index in [0.29, 0.717) is 13.2 Å². The van der Waals surface area contributed by atoms with Gasteiger partial charge >= 0.3 is 6.03 Å². The Morgan fingerprint density at radius 3 is 1.70 bits per heavy atom. The number of unbranched alkanes of at least 4 members (excludes halogenated alkanes) is 2. The Hall–Kier alpha value is -0.890. The number of hydrogen-bond donors (Lipinski definition) is 2. The van der Waals surface area contributed by atoms with Gasteiger partial charge in [0.2, 0.25) is 0 Å². The van der Waals surface area contributed by atoms with Crippen LogP contribution in [0.15, 0.2) is 0 Å². The number of amides is 2. The van der Waals surface area contributed by atoms with Crippen molar-refractivity contribution in [2.24, 2.45) is 0 Å². The second-order valence-corrected chi connectivity index (χ2v) is 4.83. The molecule has 7 heteroatoms. The second kappa shape index (κ2) is 9.12. The molecule has 0 radical (unpaired) electrons. The molecule has 0 saturated carbocycles. The minimum atomic E-state index is -1.28. The van der Waals surface area contributed by atoms with E-state index in [-0.39, 0.29) is 13.5 Å². The standard InChI is InChI=1S/C13H26N2O5/c1-3-5-7-19-9-14-11(16)12(17)15(13(14)18)10-20-8-6-4-2/h11-12,16-17H,3-10H2,1-2H3. The third-order valence-electron chi connectivity index (χ3n) is 3.14. The van der Waals surface area contributed by atoms with E-state index in [0.717, 1.165) is 35.5 Å². The summed E-state index contributed by atoms with van der Waals surface area (Å²) in [6.07, 6.45) is 1.22. The summed E-state index contributed by atoms with van der Waals surface area (Å²) in [6, 6.07) is -0.474. The van der Waals surface area contributed by atoms with E-state index >= 15 is 0 Å². The van der Waals surface area contributed by atoms with Crippen molar-refractivity contribution < 1.29 is 24.5 Å². The lowest BCUT2D eigenvalue weighted by Crippen LogP contribution is -2.38. The highest BCUT2D eigenvalue weighted by atomic mass is 16.5. The number of urea groups is 1. The molecule has 1 aliphatic rings. The van der Waals surface area contributed by atoms with Gasteiger partial charge in [-0.1, -0.05) is 26.7 Å². The molecule has 2 atom stereocenters. The van der Waals surface area contributed by atoms with Gasteiger partial charge in [0, 0.05) is 13.2 Å². The number of nitrogens with zero attached hydrogens (tertiary/aromatic N) is 2. The first-order valence-electron chi connectivity index (χ1n) is 7.22. The van der Waals surface area contributed by atoms with Crippen molar-refractivity contribution in [1.82, 2.24) is 9.80 Å². The summed E-state index contributed by atoms with van der Waals surface area (Å²) in [5.74, 6) is 0. The van der Waals surface area contributed by atoms with Crippen molar-refractivity contribution in [3.8, 4) is 0 Å². The molecule has 0 bridgehead atoms. The molecule has 1 heterocycles. The van der Waals surface area contributed by atoms with Crippen LogP contribution in [-0.4, -0.2) is 65.2 Å². The van der Waals surface area contributed by atoms with Gasteiger partial charge in [-0.25, -0.2) is 4.79 Å². The summed E-state index contributed by atoms with van der Waals surface area (Å²) >= 11 is 0. The highest BCUT2D eigenvalue weighted by Crippen LogP contribution is 2.19. The van der Waals surface area contributed by atoms with E-state index in [9.17, 15) is 15.0 Å². The smallest absolute Gasteiger partial charge is 0.328 e. The Morgan fingerprint density at radius 2 is 1.35 bits per heavy atom. The molecule has 1 aliphatic heterocycles. The first-order valence-corrected chi connectivity index (χ1v) is 7.22. The molecule has 1 fully saturated rings. The molecule has 0 aromatic heterocycles. The largest absolute Gasteiger partial charge is 0.369 e. The minimum Gasteiger partial charge on any atom is -0.369 e. The molecule has 1 saturated heterocycles. The van der Waals surface area contributed by atoms with Crippen LogP contribution in [0.4, 0.5) is 4.79 Å². The Bertz CT molecular complexity index is 264. The maximum Gasteiger partial charge on any atom is 0.328 e. The molecule has 7 nitrogen and oxygen atoms in total. The molecule has 0 aromatic rings. The highest BCUT2D eigenvalue weighted by molar-refractivity contribution is 5.77. The van der Waals surface area contributed by atoms with Crippen molar-refractivity contribution in [2.45, 2.75) is 52.0 Å². The lowest BCUT2D eigenvalue weighted by molar-refractivity contribution is -0.106. The number of hydrogen-bond acceptors (Lipinski definition) is 5. The fourth-order valence-corrected chi connectivity index (χ4v) is 1.79. The monoisotopic (exact) mass is 290 g/mol. The van der Waals surface area contributed by atoms with Crippen LogP contribution >= 0.6 is 0 Å². The number of ether oxygens (including phenoxy) is 2. The lowest BCUT2D eigenvalue weighted by atomic mass is 10.4. The van der Waals surface area contributed by atoms with Gasteiger partial charge in [0.05, 0.1) is 0 Å². The van der Waals surface area contributed by atoms with Gasteiger partial charge < -0.3 is 19.7 Å². The zero-order chi connectivity index (χ0) is 15.0. The van der Waals surface area contributed by atoms with Crippen molar-refractivity contribution >= 4 is 6.03 Å². The van der Waals surface area contributed by atoms with Gasteiger partial charge in [0.15, 0.2) is 12.5 Å². The molecule has 0 spiro atoms. The molecular weight excluding hydrogens is 264 g/mol. The Balaban J connectivity index is 2.39. The summed E-state index contributed by atoms with van der Waals surface area (Å²) in [5, 5.41) is 19.7. The lowest BCUT2D eigenvalue weighted by Gasteiger charge is -2.19. The summed E-state index contributed by atoms with van der Waals surface area (Å²) in [5.41, 5.74) is 0. The van der Waals surface area contributed by atoms with Crippen molar-refractivity contribution in [3.63, 3.8) is 0 Å². The third-order valence-corrected chi connectivity index (χ3v) is 3.14. The van der Waals surface area contributed by atoms with Gasteiger partial charge in [0.25, 0.3) is 0 Å². The van der Waals surface area contributed by atoms with Crippen LogP contribution in [0, 0.1) is 0 Å². The molecule has 0 aliphatic carbocycles. The number of carbonyl (C=O) groups is 1. The second-order valence-electron chi connectivity index (χ2n) is 4.83. The number of carbonyl (C=O) groups excluding carboxylic acids is 1. The minimum absolute atomic E-state index is 0.0253. The van der Waals surface area contributed by atoms with Crippen molar-refractivity contribution in [2.75, 3.05) is 26.7 Å². The zero-order valence-corrected chi connectivity index (χ0v) is 12.3. The quantitative estimate of drug-likeness (QED) is 0.584. The van der Waals surface area contributed by atoms with Gasteiger partial charge in [-0.15, -0.1) is 0 Å². The Morgan fingerprint density at radius 1 is 0.950 bits per heavy atom. The molecule has 2 N–H and O–H groups in total. The SMILES string of the molecule is CCCCOCN1C(=O)N(COCCCC)C(O)C1O. The maximum absolute atomic E-state index is 12.0. The molecular formula is C13H26N2O5. The highest BCUT2D eigenvalue weighted by Gasteiger charge is 2.44. The average molecular weight is 290 g/mol. The Labute approximate surface area is 120 Å². The molecule has 2 unspecified atom stereocenters. The summed E-state index contributed by atoms with van der Waals surface area (Å²) in [6.45, 7) is 5.08. The molecule has 0 aromatic carbocycles. The maximum atomic E-state index is 12.0. The van der Waals surface area contributed by atoms with Crippen LogP contribution < -0.4 is 0 Å². The predicted molar refractivity (Wildman–Crippen MR) is 72.5 cm³/mol. The van der Waals surface area contributed by atoms with Gasteiger partial charge in [-0.3, -0.25) is 9.80 Å². The fraction of sp³-hybridized carbons (Fsp3) is 0.923. The number of aliphatic hydroxyl groups excluding tert-OH is 2. The van der Waals surface area contributed by atoms with E-state index in [1.54, 1.807) is 0 Å². The van der Waals surface area contributed by atoms with E-state index in [2.05, 4.69) is 0 Å². The van der Waals surface area contributed by atoms with E-state index in [4.69, 9.17) is 9.47 Å². The number of aliphatic hydroxyl groups is 2. The van der Waals surface area contributed by atoms with Crippen molar-refractivity contribution in [3.05, 3.63) is 0 Å². The van der Waals surface area contributed by atoms with E-state index in [1.807, 2.05) is 13.8 Å². The van der Waals surface area contributed by atoms with E-state index in [1.165, 1.54) is 0 Å². The van der Waals surface area contributed by atoms with Gasteiger partial charge in [0.1, 0.15) is 13.5 Å². The summed E-state index contributed by atoms with van der Waals surface area (Å²) in [7, 11) is 0. The first-order chi connectivity index (χ1) is 9.63. The van der Waals surface area contributed by atoms with Gasteiger partial charge in [-0.05, 0) is 12.8 Å². The van der Waals surface area contributed by atoms with Crippen LogP contribution in [0.2, 0.25) is 0 Å². The zero-order valence-electron chi connectivity index (χ0n) is 12.3. The van der Waals surface area contributed by atoms with Gasteiger partial charge in [-0.2, -0.15) is 0 Å². The molecule has 1 rings (SSSR count). The number of rotatable bonds is 10. The normalized spacial score (nSPS) is 22.9. The first kappa shape index (κ1) is 17.2. The van der Waals surface area contributed by atoms with Crippen molar-refractivity contribution in [1.29, 1.82) is 0 Å². The molecule has 2 amide bonds. The summed E-state index contributed by atoms with van der Waals surface area (Å²) in [4.78, 5) is 14.2. The van der Waals surface area contributed by atoms with Crippen LogP contribution in [-0.2, 0) is 9.47 Å². The average Bonchev–Trinajstić information content (AvgIpc) is 2.64. The van der Waals surface area contributed by atoms with Crippen LogP contribution in [0.5, 0.6) is 0 Å². The topological polar surface area (TPSA) is 82.5 Å². The van der Waals surface area contributed by atoms with Crippen LogP contribution in [0.25, 0.3) is 0 Å². The Kier molecular flexibility index (Phi) is 7.83. The third kappa shape index (κ3) is 4.59. The summed E-state index contributed by atoms with van der Waals surface area (Å²) < 4.78 is 10.6. The van der Waals surface area contributed by atoms with Crippen LogP contribution in [0.3, 0.4) is 0 Å². The van der Waals surface area contributed by atoms with Crippen LogP contribution in [0.1, 0.15) is 39.5 Å². The fourth-order valence-electron chi connectivity index (χ4n) is 1.79. The van der Waals surface area contributed by atoms with E-state index < -0.39 is 18.5 Å². The molecule has 20 heavy (non-hydrogen) atoms.